The molecule has 0 saturated carbocycles. The molecule has 0 amide bonds. The third-order valence-electron chi connectivity index (χ3n) is 1.11. The molecule has 2 N–H and O–H groups in total. The highest BCUT2D eigenvalue weighted by Crippen LogP contribution is 1.94. The van der Waals surface area contributed by atoms with Gasteiger partial charge in [0, 0.05) is 0 Å². The molecular formula is C7H8O8. The first kappa shape index (κ1) is 12.9. The molecule has 1 unspecified atom stereocenters. The van der Waals surface area contributed by atoms with Crippen LogP contribution in [-0.4, -0.2) is 46.8 Å². The van der Waals surface area contributed by atoms with Crippen LogP contribution in [-0.2, 0) is 28.7 Å². The molecule has 0 aliphatic heterocycles. The number of carbonyl (C=O) groups excluding carboxylic acids is 2. The van der Waals surface area contributed by atoms with E-state index in [1.165, 1.54) is 6.92 Å². The Morgan fingerprint density at radius 2 is 1.53 bits per heavy atom. The number of aliphatic carboxylic acids is 2. The van der Waals surface area contributed by atoms with Crippen molar-refractivity contribution >= 4 is 23.9 Å². The van der Waals surface area contributed by atoms with Crippen molar-refractivity contribution in [2.24, 2.45) is 0 Å². The van der Waals surface area contributed by atoms with Gasteiger partial charge >= 0.3 is 23.9 Å². The molecular weight excluding hydrogens is 212 g/mol. The Labute approximate surface area is 83.4 Å². The number of carboxylic acid groups (broad SMARTS) is 2. The number of hydrogen-bond acceptors (Lipinski definition) is 6. The molecule has 15 heavy (non-hydrogen) atoms. The molecule has 0 aromatic heterocycles. The standard InChI is InChI=1S/C7H8O8/c1-3(15-7(13)5(10)11)2-14-6(12)4(8)9/h3H,2H2,1H3,(H,8,9)(H,10,11). The summed E-state index contributed by atoms with van der Waals surface area (Å²) in [7, 11) is 0. The third-order valence-corrected chi connectivity index (χ3v) is 1.11. The molecule has 1 atom stereocenters. The first-order valence-electron chi connectivity index (χ1n) is 3.68. The van der Waals surface area contributed by atoms with Gasteiger partial charge in [0.15, 0.2) is 0 Å². The van der Waals surface area contributed by atoms with Crippen molar-refractivity contribution in [2.75, 3.05) is 6.61 Å². The van der Waals surface area contributed by atoms with Crippen LogP contribution in [0.4, 0.5) is 0 Å². The van der Waals surface area contributed by atoms with E-state index in [-0.39, 0.29) is 0 Å². The second kappa shape index (κ2) is 5.58. The SMILES string of the molecule is CC(COC(=O)C(=O)O)OC(=O)C(=O)O. The molecule has 0 aliphatic carbocycles. The van der Waals surface area contributed by atoms with Gasteiger partial charge in [0.25, 0.3) is 0 Å². The van der Waals surface area contributed by atoms with Crippen LogP contribution in [0.25, 0.3) is 0 Å². The highest BCUT2D eigenvalue weighted by atomic mass is 16.6. The van der Waals surface area contributed by atoms with E-state index in [1.54, 1.807) is 0 Å². The molecule has 84 valence electrons. The summed E-state index contributed by atoms with van der Waals surface area (Å²) < 4.78 is 8.37. The zero-order chi connectivity index (χ0) is 12.0. The van der Waals surface area contributed by atoms with Crippen molar-refractivity contribution in [1.82, 2.24) is 0 Å². The van der Waals surface area contributed by atoms with Gasteiger partial charge in [-0.25, -0.2) is 19.2 Å². The maximum atomic E-state index is 10.5. The molecule has 8 nitrogen and oxygen atoms in total. The minimum absolute atomic E-state index is 0.524. The molecule has 0 radical (unpaired) electrons. The Morgan fingerprint density at radius 1 is 1.07 bits per heavy atom. The fourth-order valence-electron chi connectivity index (χ4n) is 0.522. The molecule has 0 bridgehead atoms. The van der Waals surface area contributed by atoms with Gasteiger partial charge in [-0.2, -0.15) is 0 Å². The number of carboxylic acids is 2. The molecule has 0 fully saturated rings. The summed E-state index contributed by atoms with van der Waals surface area (Å²) in [5.41, 5.74) is 0. The minimum atomic E-state index is -1.79. The van der Waals surface area contributed by atoms with Crippen molar-refractivity contribution in [2.45, 2.75) is 13.0 Å². The summed E-state index contributed by atoms with van der Waals surface area (Å²) >= 11 is 0. The molecule has 0 aliphatic rings. The highest BCUT2D eigenvalue weighted by Gasteiger charge is 2.19. The number of rotatable bonds is 3. The van der Waals surface area contributed by atoms with Crippen LogP contribution in [0.1, 0.15) is 6.92 Å². The van der Waals surface area contributed by atoms with Crippen LogP contribution in [0.3, 0.4) is 0 Å². The minimum Gasteiger partial charge on any atom is -0.473 e. The Morgan fingerprint density at radius 3 is 1.93 bits per heavy atom. The van der Waals surface area contributed by atoms with E-state index >= 15 is 0 Å². The van der Waals surface area contributed by atoms with Gasteiger partial charge in [-0.1, -0.05) is 0 Å². The van der Waals surface area contributed by atoms with Crippen LogP contribution in [0.2, 0.25) is 0 Å². The molecule has 0 rings (SSSR count). The number of carbonyl (C=O) groups is 4. The lowest BCUT2D eigenvalue weighted by molar-refractivity contribution is -0.172. The fraction of sp³-hybridized carbons (Fsp3) is 0.429. The summed E-state index contributed by atoms with van der Waals surface area (Å²) in [5.74, 6) is -6.58. The van der Waals surface area contributed by atoms with Gasteiger partial charge in [0.1, 0.15) is 12.7 Å². The van der Waals surface area contributed by atoms with E-state index in [0.717, 1.165) is 0 Å². The first-order valence-corrected chi connectivity index (χ1v) is 3.68. The van der Waals surface area contributed by atoms with Gasteiger partial charge < -0.3 is 19.7 Å². The number of ether oxygens (including phenoxy) is 2. The topological polar surface area (TPSA) is 127 Å². The lowest BCUT2D eigenvalue weighted by Crippen LogP contribution is -2.28. The lowest BCUT2D eigenvalue weighted by Gasteiger charge is -2.10. The maximum Gasteiger partial charge on any atom is 0.417 e. The lowest BCUT2D eigenvalue weighted by atomic mass is 10.4. The summed E-state index contributed by atoms with van der Waals surface area (Å²) in [6, 6.07) is 0. The normalized spacial score (nSPS) is 11.3. The number of hydrogen-bond donors (Lipinski definition) is 2. The molecule has 0 heterocycles. The van der Waals surface area contributed by atoms with Gasteiger partial charge in [-0.15, -0.1) is 0 Å². The van der Waals surface area contributed by atoms with Gasteiger partial charge in [-0.05, 0) is 6.92 Å². The molecule has 0 aromatic rings. The van der Waals surface area contributed by atoms with Gasteiger partial charge in [-0.3, -0.25) is 0 Å². The number of esters is 2. The zero-order valence-corrected chi connectivity index (χ0v) is 7.63. The maximum absolute atomic E-state index is 10.5. The van der Waals surface area contributed by atoms with Gasteiger partial charge in [0.2, 0.25) is 0 Å². The highest BCUT2D eigenvalue weighted by molar-refractivity contribution is 6.29. The van der Waals surface area contributed by atoms with E-state index in [0.29, 0.717) is 0 Å². The average molecular weight is 220 g/mol. The third kappa shape index (κ3) is 5.24. The van der Waals surface area contributed by atoms with Crippen LogP contribution in [0, 0.1) is 0 Å². The van der Waals surface area contributed by atoms with Crippen molar-refractivity contribution in [3.8, 4) is 0 Å². The second-order valence-electron chi connectivity index (χ2n) is 2.42. The molecule has 8 heteroatoms. The Hall–Kier alpha value is -2.12. The first-order chi connectivity index (χ1) is 6.84. The Bertz CT molecular complexity index is 293. The van der Waals surface area contributed by atoms with Crippen LogP contribution >= 0.6 is 0 Å². The second-order valence-corrected chi connectivity index (χ2v) is 2.42. The van der Waals surface area contributed by atoms with E-state index in [9.17, 15) is 19.2 Å². The largest absolute Gasteiger partial charge is 0.473 e. The molecule has 0 saturated heterocycles. The van der Waals surface area contributed by atoms with Crippen molar-refractivity contribution < 1.29 is 38.9 Å². The predicted molar refractivity (Wildman–Crippen MR) is 41.8 cm³/mol. The van der Waals surface area contributed by atoms with E-state index < -0.39 is 36.6 Å². The van der Waals surface area contributed by atoms with Crippen LogP contribution in [0.5, 0.6) is 0 Å². The fourth-order valence-corrected chi connectivity index (χ4v) is 0.522. The predicted octanol–water partition coefficient (Wildman–Crippen LogP) is -1.37. The zero-order valence-electron chi connectivity index (χ0n) is 7.63. The summed E-state index contributed by atoms with van der Waals surface area (Å²) in [4.78, 5) is 40.8. The van der Waals surface area contributed by atoms with Crippen LogP contribution < -0.4 is 0 Å². The van der Waals surface area contributed by atoms with E-state index in [4.69, 9.17) is 10.2 Å². The van der Waals surface area contributed by atoms with Crippen molar-refractivity contribution in [3.05, 3.63) is 0 Å². The summed E-state index contributed by atoms with van der Waals surface area (Å²) in [6.45, 7) is 0.722. The van der Waals surface area contributed by atoms with E-state index in [2.05, 4.69) is 9.47 Å². The van der Waals surface area contributed by atoms with Crippen LogP contribution in [0.15, 0.2) is 0 Å². The van der Waals surface area contributed by atoms with E-state index in [1.807, 2.05) is 0 Å². The molecule has 0 aromatic carbocycles. The van der Waals surface area contributed by atoms with Crippen molar-refractivity contribution in [3.63, 3.8) is 0 Å². The molecule has 0 spiro atoms. The Balaban J connectivity index is 3.90. The summed E-state index contributed by atoms with van der Waals surface area (Å²) in [6.07, 6.45) is -1.03. The smallest absolute Gasteiger partial charge is 0.417 e. The Kier molecular flexibility index (Phi) is 4.79. The monoisotopic (exact) mass is 220 g/mol. The average Bonchev–Trinajstić information content (AvgIpc) is 2.13. The quantitative estimate of drug-likeness (QED) is 0.440. The van der Waals surface area contributed by atoms with Crippen molar-refractivity contribution in [1.29, 1.82) is 0 Å². The van der Waals surface area contributed by atoms with Gasteiger partial charge in [0.05, 0.1) is 0 Å². The summed E-state index contributed by atoms with van der Waals surface area (Å²) in [5, 5.41) is 16.2.